The van der Waals surface area contributed by atoms with Gasteiger partial charge in [0.25, 0.3) is 0 Å². The van der Waals surface area contributed by atoms with Crippen LogP contribution >= 0.6 is 0 Å². The van der Waals surface area contributed by atoms with E-state index in [0.29, 0.717) is 5.69 Å². The molecular formula is C13H16F2N2O3. The Labute approximate surface area is 115 Å². The van der Waals surface area contributed by atoms with E-state index in [1.807, 2.05) is 0 Å². The number of nitrogens with one attached hydrogen (secondary N) is 1. The van der Waals surface area contributed by atoms with E-state index in [-0.39, 0.29) is 5.41 Å². The van der Waals surface area contributed by atoms with Gasteiger partial charge in [0.15, 0.2) is 0 Å². The van der Waals surface area contributed by atoms with Gasteiger partial charge in [-0.2, -0.15) is 8.78 Å². The maximum Gasteiger partial charge on any atom is 0.387 e. The number of hydrogen-bond donors (Lipinski definition) is 1. The van der Waals surface area contributed by atoms with Crippen LogP contribution in [0.1, 0.15) is 26.2 Å². The summed E-state index contributed by atoms with van der Waals surface area (Å²) in [5.74, 6) is -0.420. The zero-order valence-corrected chi connectivity index (χ0v) is 11.1. The van der Waals surface area contributed by atoms with Crippen molar-refractivity contribution in [3.63, 3.8) is 0 Å². The minimum atomic E-state index is -3.09. The predicted molar refractivity (Wildman–Crippen MR) is 70.2 cm³/mol. The number of ether oxygens (including phenoxy) is 1. The molecule has 0 heterocycles. The van der Waals surface area contributed by atoms with Gasteiger partial charge in [0.1, 0.15) is 0 Å². The summed E-state index contributed by atoms with van der Waals surface area (Å²) in [7, 11) is 0. The highest BCUT2D eigenvalue weighted by molar-refractivity contribution is 5.58. The summed E-state index contributed by atoms with van der Waals surface area (Å²) in [6.45, 7) is -0.250. The number of halogens is 2. The molecule has 0 saturated heterocycles. The predicted octanol–water partition coefficient (Wildman–Crippen LogP) is 3.80. The second-order valence-corrected chi connectivity index (χ2v) is 5.03. The van der Waals surface area contributed by atoms with E-state index >= 15 is 0 Å². The number of benzene rings is 1. The fourth-order valence-corrected chi connectivity index (χ4v) is 2.09. The van der Waals surface area contributed by atoms with E-state index in [9.17, 15) is 18.9 Å². The Bertz CT molecular complexity index is 504. The second-order valence-electron chi connectivity index (χ2n) is 5.03. The summed E-state index contributed by atoms with van der Waals surface area (Å²) >= 11 is 0. The standard InChI is InChI=1S/C13H16F2N2O3/c1-2-13(5-6-13)8-16-9-3-4-10(17(18)19)11(7-9)20-12(14)15/h3-4,7,12,16H,2,5-6,8H2,1H3. The molecule has 20 heavy (non-hydrogen) atoms. The van der Waals surface area contributed by atoms with Crippen molar-refractivity contribution in [3.05, 3.63) is 28.3 Å². The maximum absolute atomic E-state index is 12.3. The highest BCUT2D eigenvalue weighted by atomic mass is 19.3. The third-order valence-corrected chi connectivity index (χ3v) is 3.75. The number of nitro benzene ring substituents is 1. The van der Waals surface area contributed by atoms with Crippen molar-refractivity contribution in [1.82, 2.24) is 0 Å². The van der Waals surface area contributed by atoms with Crippen molar-refractivity contribution in [2.45, 2.75) is 32.8 Å². The molecule has 0 unspecified atom stereocenters. The zero-order chi connectivity index (χ0) is 14.8. The van der Waals surface area contributed by atoms with Crippen molar-refractivity contribution in [2.75, 3.05) is 11.9 Å². The first-order valence-electron chi connectivity index (χ1n) is 6.43. The van der Waals surface area contributed by atoms with Crippen molar-refractivity contribution in [1.29, 1.82) is 0 Å². The molecule has 0 atom stereocenters. The van der Waals surface area contributed by atoms with Crippen LogP contribution in [0, 0.1) is 15.5 Å². The van der Waals surface area contributed by atoms with Crippen LogP contribution < -0.4 is 10.1 Å². The molecule has 1 aliphatic carbocycles. The van der Waals surface area contributed by atoms with E-state index in [4.69, 9.17) is 0 Å². The topological polar surface area (TPSA) is 64.4 Å². The van der Waals surface area contributed by atoms with Gasteiger partial charge in [-0.1, -0.05) is 6.92 Å². The lowest BCUT2D eigenvalue weighted by Gasteiger charge is -2.15. The fraction of sp³-hybridized carbons (Fsp3) is 0.538. The third-order valence-electron chi connectivity index (χ3n) is 3.75. The molecule has 1 aromatic rings. The highest BCUT2D eigenvalue weighted by Crippen LogP contribution is 2.48. The number of nitro groups is 1. The van der Waals surface area contributed by atoms with Gasteiger partial charge in [0.2, 0.25) is 5.75 Å². The normalized spacial score (nSPS) is 16.0. The lowest BCUT2D eigenvalue weighted by atomic mass is 10.0. The van der Waals surface area contributed by atoms with Gasteiger partial charge in [-0.3, -0.25) is 10.1 Å². The Hall–Kier alpha value is -1.92. The molecule has 5 nitrogen and oxygen atoms in total. The molecule has 0 aromatic heterocycles. The van der Waals surface area contributed by atoms with Crippen molar-refractivity contribution in [3.8, 4) is 5.75 Å². The quantitative estimate of drug-likeness (QED) is 0.611. The highest BCUT2D eigenvalue weighted by Gasteiger charge is 2.40. The molecule has 2 rings (SSSR count). The Morgan fingerprint density at radius 1 is 1.50 bits per heavy atom. The number of alkyl halides is 2. The Kier molecular flexibility index (Phi) is 4.06. The summed E-state index contributed by atoms with van der Waals surface area (Å²) in [5.41, 5.74) is 0.365. The van der Waals surface area contributed by atoms with Crippen molar-refractivity contribution < 1.29 is 18.4 Å². The molecule has 0 spiro atoms. The minimum Gasteiger partial charge on any atom is -0.427 e. The van der Waals surface area contributed by atoms with Crippen LogP contribution in [0.5, 0.6) is 5.75 Å². The van der Waals surface area contributed by atoms with Crippen LogP contribution in [0.15, 0.2) is 18.2 Å². The van der Waals surface area contributed by atoms with Crippen LogP contribution in [0.25, 0.3) is 0 Å². The largest absolute Gasteiger partial charge is 0.427 e. The van der Waals surface area contributed by atoms with Gasteiger partial charge in [0.05, 0.1) is 4.92 Å². The van der Waals surface area contributed by atoms with E-state index in [2.05, 4.69) is 17.0 Å². The van der Waals surface area contributed by atoms with Crippen LogP contribution in [-0.4, -0.2) is 18.1 Å². The Morgan fingerprint density at radius 2 is 2.20 bits per heavy atom. The van der Waals surface area contributed by atoms with Crippen LogP contribution in [0.4, 0.5) is 20.2 Å². The van der Waals surface area contributed by atoms with Gasteiger partial charge < -0.3 is 10.1 Å². The van der Waals surface area contributed by atoms with Crippen LogP contribution in [0.2, 0.25) is 0 Å². The fourth-order valence-electron chi connectivity index (χ4n) is 2.09. The number of anilines is 1. The van der Waals surface area contributed by atoms with Gasteiger partial charge in [-0.25, -0.2) is 0 Å². The molecule has 1 fully saturated rings. The number of nitrogens with zero attached hydrogens (tertiary/aromatic N) is 1. The second kappa shape index (κ2) is 5.60. The molecule has 1 aliphatic rings. The molecule has 110 valence electrons. The summed E-state index contributed by atoms with van der Waals surface area (Å²) in [6.07, 6.45) is 3.33. The first-order chi connectivity index (χ1) is 9.46. The third kappa shape index (κ3) is 3.34. The average Bonchev–Trinajstić information content (AvgIpc) is 3.16. The molecule has 7 heteroatoms. The molecule has 0 aliphatic heterocycles. The van der Waals surface area contributed by atoms with Gasteiger partial charge in [0, 0.05) is 24.4 Å². The molecule has 1 saturated carbocycles. The molecule has 0 bridgehead atoms. The summed E-state index contributed by atoms with van der Waals surface area (Å²) < 4.78 is 28.7. The van der Waals surface area contributed by atoms with Gasteiger partial charge >= 0.3 is 12.3 Å². The van der Waals surface area contributed by atoms with Crippen LogP contribution in [0.3, 0.4) is 0 Å². The first kappa shape index (κ1) is 14.5. The molecular weight excluding hydrogens is 270 g/mol. The number of rotatable bonds is 7. The molecule has 0 amide bonds. The van der Waals surface area contributed by atoms with E-state index < -0.39 is 23.0 Å². The van der Waals surface area contributed by atoms with Gasteiger partial charge in [-0.05, 0) is 30.7 Å². The van der Waals surface area contributed by atoms with Crippen LogP contribution in [-0.2, 0) is 0 Å². The maximum atomic E-state index is 12.3. The SMILES string of the molecule is CCC1(CNc2ccc([N+](=O)[O-])c(OC(F)F)c2)CC1. The minimum absolute atomic E-state index is 0.283. The zero-order valence-electron chi connectivity index (χ0n) is 11.1. The summed E-state index contributed by atoms with van der Waals surface area (Å²) in [4.78, 5) is 10.0. The van der Waals surface area contributed by atoms with Crippen molar-refractivity contribution >= 4 is 11.4 Å². The average molecular weight is 286 g/mol. The van der Waals surface area contributed by atoms with E-state index in [1.54, 1.807) is 0 Å². The number of hydrogen-bond acceptors (Lipinski definition) is 4. The summed E-state index contributed by atoms with van der Waals surface area (Å²) in [5, 5.41) is 13.9. The smallest absolute Gasteiger partial charge is 0.387 e. The van der Waals surface area contributed by atoms with Gasteiger partial charge in [-0.15, -0.1) is 0 Å². The molecule has 1 N–H and O–H groups in total. The Morgan fingerprint density at radius 3 is 2.70 bits per heavy atom. The lowest BCUT2D eigenvalue weighted by Crippen LogP contribution is -2.14. The Balaban J connectivity index is 2.12. The molecule has 1 aromatic carbocycles. The van der Waals surface area contributed by atoms with E-state index in [1.165, 1.54) is 18.2 Å². The first-order valence-corrected chi connectivity index (χ1v) is 6.43. The monoisotopic (exact) mass is 286 g/mol. The molecule has 0 radical (unpaired) electrons. The van der Waals surface area contributed by atoms with Crippen molar-refractivity contribution in [2.24, 2.45) is 5.41 Å². The lowest BCUT2D eigenvalue weighted by molar-refractivity contribution is -0.386. The summed E-state index contributed by atoms with van der Waals surface area (Å²) in [6, 6.07) is 3.92. The van der Waals surface area contributed by atoms with E-state index in [0.717, 1.165) is 25.8 Å².